The van der Waals surface area contributed by atoms with Crippen LogP contribution in [-0.4, -0.2) is 31.4 Å². The van der Waals surface area contributed by atoms with Gasteiger partial charge in [-0.25, -0.2) is 0 Å². The van der Waals surface area contributed by atoms with Gasteiger partial charge in [0.15, 0.2) is 6.61 Å². The summed E-state index contributed by atoms with van der Waals surface area (Å²) in [5, 5.41) is 2.89. The fraction of sp³-hybridized carbons (Fsp3) is 0.588. The van der Waals surface area contributed by atoms with Crippen molar-refractivity contribution in [1.29, 1.82) is 0 Å². The van der Waals surface area contributed by atoms with Crippen molar-refractivity contribution < 1.29 is 27.4 Å². The summed E-state index contributed by atoms with van der Waals surface area (Å²) in [6, 6.07) is 5.97. The Bertz CT molecular complexity index is 548. The van der Waals surface area contributed by atoms with Crippen molar-refractivity contribution in [1.82, 2.24) is 5.32 Å². The molecule has 1 aromatic rings. The van der Waals surface area contributed by atoms with Gasteiger partial charge in [-0.15, -0.1) is 0 Å². The summed E-state index contributed by atoms with van der Waals surface area (Å²) in [5.74, 6) is 0.0452. The highest BCUT2D eigenvalue weighted by molar-refractivity contribution is 5.77. The maximum Gasteiger partial charge on any atom is 0.422 e. The Morgan fingerprint density at radius 1 is 1.29 bits per heavy atom. The molecule has 1 fully saturated rings. The molecule has 0 spiro atoms. The van der Waals surface area contributed by atoms with Gasteiger partial charge >= 0.3 is 6.18 Å². The van der Waals surface area contributed by atoms with E-state index in [-0.39, 0.29) is 23.3 Å². The van der Waals surface area contributed by atoms with Crippen LogP contribution in [0, 0.1) is 0 Å². The predicted molar refractivity (Wildman–Crippen MR) is 82.8 cm³/mol. The summed E-state index contributed by atoms with van der Waals surface area (Å²) in [7, 11) is 1.62. The zero-order valence-corrected chi connectivity index (χ0v) is 13.8. The maximum atomic E-state index is 12.1. The lowest BCUT2D eigenvalue weighted by Gasteiger charge is -2.40. The van der Waals surface area contributed by atoms with E-state index >= 15 is 0 Å². The van der Waals surface area contributed by atoms with Crippen LogP contribution in [0.3, 0.4) is 0 Å². The first kappa shape index (κ1) is 18.6. The van der Waals surface area contributed by atoms with Crippen molar-refractivity contribution in [2.45, 2.75) is 50.4 Å². The molecule has 1 aliphatic carbocycles. The number of rotatable bonds is 7. The first-order valence-corrected chi connectivity index (χ1v) is 7.87. The number of methoxy groups -OCH3 is 1. The van der Waals surface area contributed by atoms with Crippen LogP contribution in [0.15, 0.2) is 24.3 Å². The molecular formula is C17H22F3NO3. The molecule has 7 heteroatoms. The second-order valence-electron chi connectivity index (χ2n) is 6.18. The van der Waals surface area contributed by atoms with Gasteiger partial charge in [0.2, 0.25) is 5.91 Å². The van der Waals surface area contributed by atoms with Gasteiger partial charge < -0.3 is 14.8 Å². The van der Waals surface area contributed by atoms with Crippen molar-refractivity contribution >= 4 is 5.91 Å². The average molecular weight is 345 g/mol. The van der Waals surface area contributed by atoms with Crippen LogP contribution in [-0.2, 0) is 9.53 Å². The topological polar surface area (TPSA) is 47.6 Å². The lowest BCUT2D eigenvalue weighted by molar-refractivity contribution is -0.153. The Morgan fingerprint density at radius 2 is 1.92 bits per heavy atom. The number of ether oxygens (including phenoxy) is 2. The van der Waals surface area contributed by atoms with Gasteiger partial charge in [-0.05, 0) is 43.9 Å². The minimum absolute atomic E-state index is 0.0959. The van der Waals surface area contributed by atoms with Gasteiger partial charge in [0.25, 0.3) is 0 Å². The Kier molecular flexibility index (Phi) is 5.74. The summed E-state index contributed by atoms with van der Waals surface area (Å²) in [6.07, 6.45) is -1.21. The zero-order chi connectivity index (χ0) is 17.8. The minimum Gasteiger partial charge on any atom is -0.484 e. The first-order chi connectivity index (χ1) is 11.2. The molecule has 4 nitrogen and oxygen atoms in total. The van der Waals surface area contributed by atoms with Crippen molar-refractivity contribution in [2.24, 2.45) is 0 Å². The third kappa shape index (κ3) is 5.12. The number of benzene rings is 1. The molecule has 0 radical (unpaired) electrons. The highest BCUT2D eigenvalue weighted by Crippen LogP contribution is 2.38. The van der Waals surface area contributed by atoms with Crippen LogP contribution < -0.4 is 10.1 Å². The largest absolute Gasteiger partial charge is 0.484 e. The van der Waals surface area contributed by atoms with Gasteiger partial charge in [0.1, 0.15) is 5.75 Å². The average Bonchev–Trinajstić information content (AvgIpc) is 2.48. The number of halogens is 3. The molecule has 24 heavy (non-hydrogen) atoms. The molecule has 1 aromatic carbocycles. The van der Waals surface area contributed by atoms with Gasteiger partial charge in [0, 0.05) is 7.11 Å². The molecule has 1 N–H and O–H groups in total. The lowest BCUT2D eigenvalue weighted by Crippen LogP contribution is -2.44. The van der Waals surface area contributed by atoms with Crippen molar-refractivity contribution in [3.63, 3.8) is 0 Å². The molecule has 0 saturated heterocycles. The van der Waals surface area contributed by atoms with E-state index in [4.69, 9.17) is 4.74 Å². The van der Waals surface area contributed by atoms with Crippen LogP contribution in [0.5, 0.6) is 5.75 Å². The Balaban J connectivity index is 1.85. The summed E-state index contributed by atoms with van der Waals surface area (Å²) in [6.45, 7) is 0.501. The van der Waals surface area contributed by atoms with E-state index in [1.807, 2.05) is 6.92 Å². The summed E-state index contributed by atoms with van der Waals surface area (Å²) in [5.41, 5.74) is 0.460. The summed E-state index contributed by atoms with van der Waals surface area (Å²) in [4.78, 5) is 12.1. The number of amides is 1. The molecule has 0 heterocycles. The predicted octanol–water partition coefficient (Wildman–Crippen LogP) is 3.76. The van der Waals surface area contributed by atoms with Crippen molar-refractivity contribution in [2.75, 3.05) is 13.7 Å². The van der Waals surface area contributed by atoms with Crippen LogP contribution in [0.2, 0.25) is 0 Å². The number of nitrogens with one attached hydrogen (secondary N) is 1. The fourth-order valence-electron chi connectivity index (χ4n) is 2.71. The van der Waals surface area contributed by atoms with Gasteiger partial charge in [-0.2, -0.15) is 13.2 Å². The monoisotopic (exact) mass is 345 g/mol. The van der Waals surface area contributed by atoms with Crippen LogP contribution >= 0.6 is 0 Å². The summed E-state index contributed by atoms with van der Waals surface area (Å²) >= 11 is 0. The minimum atomic E-state index is -4.36. The molecule has 1 aliphatic rings. The van der Waals surface area contributed by atoms with E-state index in [0.29, 0.717) is 6.42 Å². The smallest absolute Gasteiger partial charge is 0.422 e. The highest BCUT2D eigenvalue weighted by Gasteiger charge is 2.39. The Hall–Kier alpha value is -1.76. The molecule has 0 aromatic heterocycles. The number of carbonyl (C=O) groups excluding carboxylic acids is 1. The van der Waals surface area contributed by atoms with Gasteiger partial charge in [0.05, 0.1) is 18.1 Å². The van der Waals surface area contributed by atoms with E-state index in [2.05, 4.69) is 10.1 Å². The fourth-order valence-corrected chi connectivity index (χ4v) is 2.71. The van der Waals surface area contributed by atoms with Gasteiger partial charge in [-0.1, -0.05) is 12.1 Å². The molecule has 1 amide bonds. The molecule has 0 aliphatic heterocycles. The second kappa shape index (κ2) is 7.42. The Labute approximate surface area is 139 Å². The van der Waals surface area contributed by atoms with E-state index < -0.39 is 12.8 Å². The third-order valence-electron chi connectivity index (χ3n) is 4.34. The normalized spacial score (nSPS) is 17.7. The van der Waals surface area contributed by atoms with E-state index in [1.54, 1.807) is 19.2 Å². The number of alkyl halides is 3. The molecule has 2 rings (SSSR count). The molecular weight excluding hydrogens is 323 g/mol. The van der Waals surface area contributed by atoms with Crippen LogP contribution in [0.25, 0.3) is 0 Å². The third-order valence-corrected chi connectivity index (χ3v) is 4.34. The quantitative estimate of drug-likeness (QED) is 0.818. The van der Waals surface area contributed by atoms with Crippen molar-refractivity contribution in [3.8, 4) is 5.75 Å². The standard InChI is InChI=1S/C17H22F3NO3/c1-12(21-15(22)10-16(23-2)8-3-9-16)13-4-6-14(7-5-13)24-11-17(18,19)20/h4-7,12H,3,8-11H2,1-2H3,(H,21,22)/t12-/m0/s1. The van der Waals surface area contributed by atoms with Crippen molar-refractivity contribution in [3.05, 3.63) is 29.8 Å². The second-order valence-corrected chi connectivity index (χ2v) is 6.18. The summed E-state index contributed by atoms with van der Waals surface area (Å²) < 4.78 is 46.4. The molecule has 1 atom stereocenters. The molecule has 134 valence electrons. The number of carbonyl (C=O) groups is 1. The van der Waals surface area contributed by atoms with E-state index in [0.717, 1.165) is 24.8 Å². The number of hydrogen-bond acceptors (Lipinski definition) is 3. The molecule has 1 saturated carbocycles. The molecule has 0 bridgehead atoms. The lowest BCUT2D eigenvalue weighted by atomic mass is 9.77. The SMILES string of the molecule is COC1(CC(=O)N[C@@H](C)c2ccc(OCC(F)(F)F)cc2)CCC1. The van der Waals surface area contributed by atoms with E-state index in [1.165, 1.54) is 12.1 Å². The first-order valence-electron chi connectivity index (χ1n) is 7.87. The molecule has 0 unspecified atom stereocenters. The highest BCUT2D eigenvalue weighted by atomic mass is 19.4. The van der Waals surface area contributed by atoms with Crippen LogP contribution in [0.1, 0.15) is 44.2 Å². The van der Waals surface area contributed by atoms with Gasteiger partial charge in [-0.3, -0.25) is 4.79 Å². The maximum absolute atomic E-state index is 12.1. The van der Waals surface area contributed by atoms with Crippen LogP contribution in [0.4, 0.5) is 13.2 Å². The van der Waals surface area contributed by atoms with E-state index in [9.17, 15) is 18.0 Å². The number of hydrogen-bond donors (Lipinski definition) is 1. The zero-order valence-electron chi connectivity index (χ0n) is 13.8. The Morgan fingerprint density at radius 3 is 2.38 bits per heavy atom.